The number of allylic oxidation sites excluding steroid dienone is 6. The summed E-state index contributed by atoms with van der Waals surface area (Å²) in [5, 5.41) is 0.227. The molecule has 0 fully saturated rings. The van der Waals surface area contributed by atoms with Crippen LogP contribution in [0.1, 0.15) is 66.7 Å². The van der Waals surface area contributed by atoms with Crippen LogP contribution >= 0.6 is 11.6 Å². The molecular weight excluding hydrogens is 297 g/mol. The molecule has 0 spiro atoms. The van der Waals surface area contributed by atoms with Crippen LogP contribution in [0.25, 0.3) is 0 Å². The predicted octanol–water partition coefficient (Wildman–Crippen LogP) is 6.50. The van der Waals surface area contributed by atoms with Gasteiger partial charge in [-0.15, -0.1) is 0 Å². The lowest BCUT2D eigenvalue weighted by Gasteiger charge is -2.21. The minimum atomic E-state index is -0.318. The molecule has 0 saturated carbocycles. The summed E-state index contributed by atoms with van der Waals surface area (Å²) in [6, 6.07) is 0. The van der Waals surface area contributed by atoms with Gasteiger partial charge in [-0.3, -0.25) is 0 Å². The average molecular weight is 330 g/mol. The smallest absolute Gasteiger partial charge is 0.115 e. The lowest BCUT2D eigenvalue weighted by molar-refractivity contribution is 0.425. The molecule has 0 amide bonds. The monoisotopic (exact) mass is 329 g/mol. The zero-order valence-corrected chi connectivity index (χ0v) is 15.6. The van der Waals surface area contributed by atoms with Crippen molar-refractivity contribution in [3.8, 4) is 0 Å². The summed E-state index contributed by atoms with van der Waals surface area (Å²) in [6.07, 6.45) is 9.28. The Bertz CT molecular complexity index is 402. The van der Waals surface area contributed by atoms with Crippen molar-refractivity contribution in [3.05, 3.63) is 34.2 Å². The third-order valence-corrected chi connectivity index (χ3v) is 4.33. The SMILES string of the molecule is CCCC(CCC(C)CN)/C(=C/C(Cl)=C(\C)F)CC=C(C)C. The summed E-state index contributed by atoms with van der Waals surface area (Å²) in [7, 11) is 0. The van der Waals surface area contributed by atoms with E-state index in [1.807, 2.05) is 6.08 Å². The van der Waals surface area contributed by atoms with Gasteiger partial charge in [-0.05, 0) is 70.9 Å². The van der Waals surface area contributed by atoms with E-state index in [1.165, 1.54) is 18.1 Å². The fraction of sp³-hybridized carbons (Fsp3) is 0.684. The van der Waals surface area contributed by atoms with E-state index in [4.69, 9.17) is 17.3 Å². The third-order valence-electron chi connectivity index (χ3n) is 3.96. The van der Waals surface area contributed by atoms with Crippen LogP contribution in [0.5, 0.6) is 0 Å². The van der Waals surface area contributed by atoms with E-state index in [-0.39, 0.29) is 10.9 Å². The van der Waals surface area contributed by atoms with E-state index < -0.39 is 0 Å². The summed E-state index contributed by atoms with van der Waals surface area (Å²) in [5.41, 5.74) is 8.23. The molecule has 0 aliphatic carbocycles. The fourth-order valence-corrected chi connectivity index (χ4v) is 2.53. The van der Waals surface area contributed by atoms with E-state index in [2.05, 4.69) is 33.8 Å². The zero-order chi connectivity index (χ0) is 17.1. The van der Waals surface area contributed by atoms with E-state index in [0.717, 1.165) is 38.6 Å². The van der Waals surface area contributed by atoms with Crippen LogP contribution in [0, 0.1) is 11.8 Å². The Morgan fingerprint density at radius 1 is 1.18 bits per heavy atom. The summed E-state index contributed by atoms with van der Waals surface area (Å²) >= 11 is 6.05. The van der Waals surface area contributed by atoms with Crippen molar-refractivity contribution in [1.29, 1.82) is 0 Å². The summed E-state index contributed by atoms with van der Waals surface area (Å²) < 4.78 is 13.3. The normalized spacial score (nSPS) is 16.1. The van der Waals surface area contributed by atoms with Gasteiger partial charge in [-0.25, -0.2) is 4.39 Å². The first-order valence-electron chi connectivity index (χ1n) is 8.37. The van der Waals surface area contributed by atoms with Crippen LogP contribution in [0.3, 0.4) is 0 Å². The maximum Gasteiger partial charge on any atom is 0.115 e. The summed E-state index contributed by atoms with van der Waals surface area (Å²) in [6.45, 7) is 10.7. The minimum absolute atomic E-state index is 0.227. The molecule has 2 N–H and O–H groups in total. The molecule has 0 aliphatic heterocycles. The van der Waals surface area contributed by atoms with Gasteiger partial charge < -0.3 is 5.73 Å². The van der Waals surface area contributed by atoms with Crippen molar-refractivity contribution in [3.63, 3.8) is 0 Å². The lowest BCUT2D eigenvalue weighted by Crippen LogP contribution is -2.13. The maximum atomic E-state index is 13.3. The second-order valence-corrected chi connectivity index (χ2v) is 6.90. The largest absolute Gasteiger partial charge is 0.330 e. The minimum Gasteiger partial charge on any atom is -0.330 e. The summed E-state index contributed by atoms with van der Waals surface area (Å²) in [5.74, 6) is 0.655. The van der Waals surface area contributed by atoms with E-state index in [1.54, 1.807) is 0 Å². The van der Waals surface area contributed by atoms with Crippen LogP contribution in [-0.2, 0) is 0 Å². The number of halogens is 2. The van der Waals surface area contributed by atoms with Crippen molar-refractivity contribution >= 4 is 11.6 Å². The Hall–Kier alpha value is -0.600. The molecule has 0 aromatic carbocycles. The molecule has 0 radical (unpaired) electrons. The molecular formula is C19H33ClFN. The predicted molar refractivity (Wildman–Crippen MR) is 97.6 cm³/mol. The highest BCUT2D eigenvalue weighted by Gasteiger charge is 2.15. The molecule has 3 heteroatoms. The molecule has 0 rings (SSSR count). The van der Waals surface area contributed by atoms with Crippen molar-refractivity contribution < 1.29 is 4.39 Å². The van der Waals surface area contributed by atoms with Crippen molar-refractivity contribution in [2.24, 2.45) is 17.6 Å². The Labute approximate surface area is 141 Å². The molecule has 0 heterocycles. The first-order valence-corrected chi connectivity index (χ1v) is 8.75. The number of nitrogens with two attached hydrogens (primary N) is 1. The Kier molecular flexibility index (Phi) is 11.6. The molecule has 1 nitrogen and oxygen atoms in total. The molecule has 0 bridgehead atoms. The highest BCUT2D eigenvalue weighted by Crippen LogP contribution is 2.30. The topological polar surface area (TPSA) is 26.0 Å². The van der Waals surface area contributed by atoms with Crippen molar-refractivity contribution in [2.75, 3.05) is 6.54 Å². The Morgan fingerprint density at radius 2 is 1.82 bits per heavy atom. The fourth-order valence-electron chi connectivity index (χ4n) is 2.39. The van der Waals surface area contributed by atoms with Gasteiger partial charge >= 0.3 is 0 Å². The van der Waals surface area contributed by atoms with Gasteiger partial charge in [0.15, 0.2) is 0 Å². The van der Waals surface area contributed by atoms with Crippen LogP contribution in [0.4, 0.5) is 4.39 Å². The quantitative estimate of drug-likeness (QED) is 0.359. The molecule has 22 heavy (non-hydrogen) atoms. The summed E-state index contributed by atoms with van der Waals surface area (Å²) in [4.78, 5) is 0. The molecule has 2 atom stereocenters. The molecule has 0 aliphatic rings. The standard InChI is InChI=1S/C19H33ClFN/c1-6-7-17(11-9-15(4)13-22)18(10-8-14(2)3)12-19(20)16(5)21/h8,12,15,17H,6-7,9-11,13,22H2,1-5H3/b18-12+,19-16-. The lowest BCUT2D eigenvalue weighted by atomic mass is 9.85. The van der Waals surface area contributed by atoms with Crippen molar-refractivity contribution in [2.45, 2.75) is 66.7 Å². The van der Waals surface area contributed by atoms with Gasteiger partial charge in [0.25, 0.3) is 0 Å². The van der Waals surface area contributed by atoms with Crippen LogP contribution < -0.4 is 5.73 Å². The number of rotatable bonds is 10. The van der Waals surface area contributed by atoms with Gasteiger partial charge in [0.1, 0.15) is 5.83 Å². The van der Waals surface area contributed by atoms with Gasteiger partial charge in [0.2, 0.25) is 0 Å². The molecule has 0 aromatic rings. The van der Waals surface area contributed by atoms with E-state index >= 15 is 0 Å². The van der Waals surface area contributed by atoms with E-state index in [9.17, 15) is 4.39 Å². The Balaban J connectivity index is 5.27. The van der Waals surface area contributed by atoms with Gasteiger partial charge in [0, 0.05) is 0 Å². The van der Waals surface area contributed by atoms with Crippen molar-refractivity contribution in [1.82, 2.24) is 0 Å². The molecule has 2 unspecified atom stereocenters. The number of hydrogen-bond acceptors (Lipinski definition) is 1. The molecule has 128 valence electrons. The van der Waals surface area contributed by atoms with Crippen LogP contribution in [0.2, 0.25) is 0 Å². The average Bonchev–Trinajstić information content (AvgIpc) is 2.46. The molecule has 0 aromatic heterocycles. The highest BCUT2D eigenvalue weighted by molar-refractivity contribution is 6.31. The van der Waals surface area contributed by atoms with Crippen LogP contribution in [-0.4, -0.2) is 6.54 Å². The Morgan fingerprint density at radius 3 is 2.27 bits per heavy atom. The number of hydrogen-bond donors (Lipinski definition) is 1. The van der Waals surface area contributed by atoms with Gasteiger partial charge in [-0.1, -0.05) is 49.1 Å². The maximum absolute atomic E-state index is 13.3. The first-order chi connectivity index (χ1) is 10.3. The second-order valence-electron chi connectivity index (χ2n) is 6.49. The van der Waals surface area contributed by atoms with Crippen LogP contribution in [0.15, 0.2) is 34.2 Å². The van der Waals surface area contributed by atoms with Gasteiger partial charge in [-0.2, -0.15) is 0 Å². The van der Waals surface area contributed by atoms with Gasteiger partial charge in [0.05, 0.1) is 5.03 Å². The third kappa shape index (κ3) is 9.42. The highest BCUT2D eigenvalue weighted by atomic mass is 35.5. The van der Waals surface area contributed by atoms with E-state index in [0.29, 0.717) is 11.8 Å². The second kappa shape index (κ2) is 11.9. The molecule has 0 saturated heterocycles. The zero-order valence-electron chi connectivity index (χ0n) is 14.9. The first kappa shape index (κ1) is 21.4.